The molecule has 1 saturated carbocycles. The van der Waals surface area contributed by atoms with Crippen LogP contribution in [-0.2, 0) is 21.9 Å². The van der Waals surface area contributed by atoms with Gasteiger partial charge in [0.05, 0.1) is 6.26 Å². The van der Waals surface area contributed by atoms with Gasteiger partial charge >= 0.3 is 0 Å². The summed E-state index contributed by atoms with van der Waals surface area (Å²) in [5.41, 5.74) is 4.97. The van der Waals surface area contributed by atoms with Crippen molar-refractivity contribution in [1.82, 2.24) is 4.90 Å². The Balaban J connectivity index is 1.33. The van der Waals surface area contributed by atoms with Crippen LogP contribution in [0.1, 0.15) is 30.0 Å². The van der Waals surface area contributed by atoms with Crippen LogP contribution in [0.5, 0.6) is 0 Å². The van der Waals surface area contributed by atoms with E-state index < -0.39 is 10.0 Å². The van der Waals surface area contributed by atoms with Crippen molar-refractivity contribution in [2.75, 3.05) is 30.6 Å². The number of sulfonamides is 1. The molecule has 1 heterocycles. The molecular formula is C23H30N2O2S. The fraction of sp³-hybridized carbons (Fsp3) is 0.478. The van der Waals surface area contributed by atoms with E-state index in [1.807, 2.05) is 18.2 Å². The SMILES string of the molecule is Cc1ccccc1CCCN1CC2C(C1)C2(C)c1cccc(NS(C)(=O)=O)c1. The van der Waals surface area contributed by atoms with E-state index in [0.717, 1.165) is 26.1 Å². The Hall–Kier alpha value is -1.85. The van der Waals surface area contributed by atoms with Crippen molar-refractivity contribution in [1.29, 1.82) is 0 Å². The molecule has 1 saturated heterocycles. The Morgan fingerprint density at radius 1 is 1.11 bits per heavy atom. The normalized spacial score (nSPS) is 26.8. The van der Waals surface area contributed by atoms with Gasteiger partial charge in [0.1, 0.15) is 0 Å². The molecule has 2 aliphatic rings. The second-order valence-corrected chi connectivity index (χ2v) is 10.5. The van der Waals surface area contributed by atoms with E-state index in [0.29, 0.717) is 17.5 Å². The third kappa shape index (κ3) is 3.83. The summed E-state index contributed by atoms with van der Waals surface area (Å²) in [4.78, 5) is 2.61. The highest BCUT2D eigenvalue weighted by Crippen LogP contribution is 2.63. The molecule has 28 heavy (non-hydrogen) atoms. The predicted molar refractivity (Wildman–Crippen MR) is 115 cm³/mol. The minimum atomic E-state index is -3.24. The van der Waals surface area contributed by atoms with Gasteiger partial charge in [0.2, 0.25) is 10.0 Å². The summed E-state index contributed by atoms with van der Waals surface area (Å²) in [6.07, 6.45) is 3.55. The topological polar surface area (TPSA) is 49.4 Å². The van der Waals surface area contributed by atoms with Crippen LogP contribution in [0.25, 0.3) is 0 Å². The van der Waals surface area contributed by atoms with Crippen LogP contribution in [-0.4, -0.2) is 39.2 Å². The molecule has 2 aromatic carbocycles. The lowest BCUT2D eigenvalue weighted by Gasteiger charge is -2.25. The largest absolute Gasteiger partial charge is 0.303 e. The molecule has 4 rings (SSSR count). The van der Waals surface area contributed by atoms with Crippen LogP contribution in [0.3, 0.4) is 0 Å². The number of benzene rings is 2. The van der Waals surface area contributed by atoms with Gasteiger partial charge in [0, 0.05) is 24.2 Å². The van der Waals surface area contributed by atoms with Gasteiger partial charge in [0.25, 0.3) is 0 Å². The number of anilines is 1. The second-order valence-electron chi connectivity index (χ2n) is 8.74. The third-order valence-corrected chi connectivity index (χ3v) is 7.40. The van der Waals surface area contributed by atoms with Gasteiger partial charge in [-0.05, 0) is 67.0 Å². The van der Waals surface area contributed by atoms with Crippen molar-refractivity contribution in [2.24, 2.45) is 11.8 Å². The molecule has 2 aromatic rings. The first-order valence-electron chi connectivity index (χ1n) is 10.1. The molecule has 0 spiro atoms. The first-order valence-corrected chi connectivity index (χ1v) is 12.0. The average molecular weight is 399 g/mol. The third-order valence-electron chi connectivity index (χ3n) is 6.80. The molecule has 2 fully saturated rings. The molecule has 1 aliphatic carbocycles. The quantitative estimate of drug-likeness (QED) is 0.771. The number of piperidine rings is 1. The fourth-order valence-corrected chi connectivity index (χ4v) is 5.64. The maximum Gasteiger partial charge on any atom is 0.229 e. The number of hydrogen-bond donors (Lipinski definition) is 1. The van der Waals surface area contributed by atoms with Crippen molar-refractivity contribution in [3.63, 3.8) is 0 Å². The van der Waals surface area contributed by atoms with Gasteiger partial charge in [-0.1, -0.05) is 43.3 Å². The first kappa shape index (κ1) is 19.5. The van der Waals surface area contributed by atoms with Crippen LogP contribution in [0.15, 0.2) is 48.5 Å². The molecule has 1 aliphatic heterocycles. The lowest BCUT2D eigenvalue weighted by Crippen LogP contribution is -2.30. The van der Waals surface area contributed by atoms with Gasteiger partial charge in [0.15, 0.2) is 0 Å². The fourth-order valence-electron chi connectivity index (χ4n) is 5.09. The summed E-state index contributed by atoms with van der Waals surface area (Å²) in [6.45, 7) is 8.00. The van der Waals surface area contributed by atoms with Crippen LogP contribution < -0.4 is 4.72 Å². The van der Waals surface area contributed by atoms with Crippen molar-refractivity contribution in [3.05, 3.63) is 65.2 Å². The Morgan fingerprint density at radius 3 is 2.50 bits per heavy atom. The van der Waals surface area contributed by atoms with E-state index in [2.05, 4.69) is 53.8 Å². The molecule has 0 aromatic heterocycles. The molecule has 4 nitrogen and oxygen atoms in total. The summed E-state index contributed by atoms with van der Waals surface area (Å²) >= 11 is 0. The molecule has 0 radical (unpaired) electrons. The van der Waals surface area contributed by atoms with Crippen molar-refractivity contribution < 1.29 is 8.42 Å². The summed E-state index contributed by atoms with van der Waals surface area (Å²) in [7, 11) is -3.24. The molecule has 0 amide bonds. The summed E-state index contributed by atoms with van der Waals surface area (Å²) in [5.74, 6) is 1.36. The highest BCUT2D eigenvalue weighted by atomic mass is 32.2. The summed E-state index contributed by atoms with van der Waals surface area (Å²) < 4.78 is 25.7. The molecule has 2 unspecified atom stereocenters. The zero-order valence-corrected chi connectivity index (χ0v) is 17.8. The average Bonchev–Trinajstić information content (AvgIpc) is 2.99. The van der Waals surface area contributed by atoms with Crippen LogP contribution in [0.4, 0.5) is 5.69 Å². The maximum atomic E-state index is 11.5. The molecular weight excluding hydrogens is 368 g/mol. The molecule has 150 valence electrons. The second kappa shape index (κ2) is 7.20. The number of nitrogens with zero attached hydrogens (tertiary/aromatic N) is 1. The monoisotopic (exact) mass is 398 g/mol. The lowest BCUT2D eigenvalue weighted by atomic mass is 9.92. The maximum absolute atomic E-state index is 11.5. The standard InChI is InChI=1S/C23H30N2O2S/c1-17-8-4-5-9-18(17)10-7-13-25-15-21-22(16-25)23(21,2)19-11-6-12-20(14-19)24-28(3,26)27/h4-6,8-9,11-12,14,21-22,24H,7,10,13,15-16H2,1-3H3. The van der Waals surface area contributed by atoms with E-state index >= 15 is 0 Å². The van der Waals surface area contributed by atoms with Crippen LogP contribution in [0, 0.1) is 18.8 Å². The Morgan fingerprint density at radius 2 is 1.82 bits per heavy atom. The zero-order valence-electron chi connectivity index (χ0n) is 17.0. The lowest BCUT2D eigenvalue weighted by molar-refractivity contribution is 0.274. The van der Waals surface area contributed by atoms with E-state index in [1.165, 1.54) is 29.4 Å². The van der Waals surface area contributed by atoms with Crippen molar-refractivity contribution in [2.45, 2.75) is 32.1 Å². The summed E-state index contributed by atoms with van der Waals surface area (Å²) in [5, 5.41) is 0. The smallest absolute Gasteiger partial charge is 0.229 e. The van der Waals surface area contributed by atoms with Gasteiger partial charge in [-0.25, -0.2) is 8.42 Å². The van der Waals surface area contributed by atoms with E-state index in [1.54, 1.807) is 0 Å². The molecule has 0 bridgehead atoms. The highest BCUT2D eigenvalue weighted by molar-refractivity contribution is 7.92. The number of aryl methyl sites for hydroxylation is 2. The Bertz CT molecular complexity index is 958. The zero-order chi connectivity index (χ0) is 19.9. The van der Waals surface area contributed by atoms with Crippen molar-refractivity contribution in [3.8, 4) is 0 Å². The van der Waals surface area contributed by atoms with E-state index in [-0.39, 0.29) is 5.41 Å². The number of hydrogen-bond acceptors (Lipinski definition) is 3. The van der Waals surface area contributed by atoms with E-state index in [4.69, 9.17) is 0 Å². The Labute approximate surface area is 169 Å². The number of fused-ring (bicyclic) bond motifs is 1. The number of likely N-dealkylation sites (tertiary alicyclic amines) is 1. The van der Waals surface area contributed by atoms with E-state index in [9.17, 15) is 8.42 Å². The summed E-state index contributed by atoms with van der Waals surface area (Å²) in [6, 6.07) is 16.6. The Kier molecular flexibility index (Phi) is 5.00. The van der Waals surface area contributed by atoms with Crippen LogP contribution >= 0.6 is 0 Å². The van der Waals surface area contributed by atoms with Crippen molar-refractivity contribution >= 4 is 15.7 Å². The molecule has 1 N–H and O–H groups in total. The van der Waals surface area contributed by atoms with Crippen LogP contribution in [0.2, 0.25) is 0 Å². The van der Waals surface area contributed by atoms with Gasteiger partial charge < -0.3 is 4.90 Å². The minimum absolute atomic E-state index is 0.182. The minimum Gasteiger partial charge on any atom is -0.303 e. The predicted octanol–water partition coefficient (Wildman–Crippen LogP) is 3.82. The van der Waals surface area contributed by atoms with Gasteiger partial charge in [-0.15, -0.1) is 0 Å². The number of nitrogens with one attached hydrogen (secondary N) is 1. The molecule has 2 atom stereocenters. The number of rotatable bonds is 7. The molecule has 5 heteroatoms. The van der Waals surface area contributed by atoms with Gasteiger partial charge in [-0.3, -0.25) is 4.72 Å². The highest BCUT2D eigenvalue weighted by Gasteiger charge is 2.65. The van der Waals surface area contributed by atoms with Gasteiger partial charge in [-0.2, -0.15) is 0 Å². The first-order chi connectivity index (χ1) is 13.3.